The van der Waals surface area contributed by atoms with E-state index in [9.17, 15) is 9.18 Å². The van der Waals surface area contributed by atoms with E-state index in [1.807, 2.05) is 12.1 Å². The Bertz CT molecular complexity index is 850. The maximum Gasteiger partial charge on any atom is 0.251 e. The molecule has 0 unspecified atom stereocenters. The number of piperidine rings is 1. The Morgan fingerprint density at radius 3 is 2.66 bits per heavy atom. The zero-order valence-corrected chi connectivity index (χ0v) is 17.1. The van der Waals surface area contributed by atoms with Gasteiger partial charge in [-0.1, -0.05) is 29.8 Å². The van der Waals surface area contributed by atoms with Crippen molar-refractivity contribution in [3.05, 3.63) is 70.5 Å². The number of carbonyl (C=O) groups excluding carboxylic acids is 1. The summed E-state index contributed by atoms with van der Waals surface area (Å²) >= 11 is 5.96. The highest BCUT2D eigenvalue weighted by molar-refractivity contribution is 6.30. The third-order valence-electron chi connectivity index (χ3n) is 6.00. The standard InChI is InChI=1S/C23H26ClFN2O2/c24-19-6-4-17(5-7-19)16-27-12-10-23(11-13-27)9-8-21(29-23)15-26-22(28)18-2-1-3-20(25)14-18/h1-7,14,21H,8-13,15-16H2,(H,26,28)/t21-/m0/s1. The van der Waals surface area contributed by atoms with Crippen molar-refractivity contribution in [3.8, 4) is 0 Å². The summed E-state index contributed by atoms with van der Waals surface area (Å²) in [4.78, 5) is 14.7. The SMILES string of the molecule is O=C(NC[C@@H]1CCC2(CCN(Cc3ccc(Cl)cc3)CC2)O1)c1cccc(F)c1. The van der Waals surface area contributed by atoms with Crippen LogP contribution in [0.5, 0.6) is 0 Å². The molecule has 2 saturated heterocycles. The van der Waals surface area contributed by atoms with Gasteiger partial charge in [0.05, 0.1) is 11.7 Å². The number of nitrogens with one attached hydrogen (secondary N) is 1. The van der Waals surface area contributed by atoms with Gasteiger partial charge in [0.15, 0.2) is 0 Å². The molecule has 0 radical (unpaired) electrons. The molecule has 2 aliphatic rings. The van der Waals surface area contributed by atoms with E-state index in [1.165, 1.54) is 17.7 Å². The second-order valence-electron chi connectivity index (χ2n) is 8.08. The normalized spacial score (nSPS) is 21.4. The number of amides is 1. The van der Waals surface area contributed by atoms with Crippen LogP contribution in [0.2, 0.25) is 5.02 Å². The first-order valence-corrected chi connectivity index (χ1v) is 10.6. The quantitative estimate of drug-likeness (QED) is 0.784. The Morgan fingerprint density at radius 2 is 1.93 bits per heavy atom. The molecule has 4 nitrogen and oxygen atoms in total. The Hall–Kier alpha value is -1.95. The molecule has 2 aromatic carbocycles. The van der Waals surface area contributed by atoms with Crippen molar-refractivity contribution in [2.24, 2.45) is 0 Å². The number of nitrogens with zero attached hydrogens (tertiary/aromatic N) is 1. The molecule has 2 fully saturated rings. The Kier molecular flexibility index (Phi) is 6.18. The van der Waals surface area contributed by atoms with E-state index < -0.39 is 5.82 Å². The van der Waals surface area contributed by atoms with Crippen molar-refractivity contribution in [3.63, 3.8) is 0 Å². The lowest BCUT2D eigenvalue weighted by Crippen LogP contribution is -2.44. The largest absolute Gasteiger partial charge is 0.370 e. The molecule has 2 heterocycles. The van der Waals surface area contributed by atoms with Crippen molar-refractivity contribution < 1.29 is 13.9 Å². The monoisotopic (exact) mass is 416 g/mol. The summed E-state index contributed by atoms with van der Waals surface area (Å²) in [6.45, 7) is 3.40. The van der Waals surface area contributed by atoms with Crippen LogP contribution in [0.1, 0.15) is 41.6 Å². The molecule has 0 bridgehead atoms. The fourth-order valence-corrected chi connectivity index (χ4v) is 4.44. The van der Waals surface area contributed by atoms with E-state index in [0.717, 1.165) is 50.3 Å². The van der Waals surface area contributed by atoms with Crippen LogP contribution in [0.4, 0.5) is 4.39 Å². The highest BCUT2D eigenvalue weighted by atomic mass is 35.5. The van der Waals surface area contributed by atoms with Gasteiger partial charge in [-0.05, 0) is 61.6 Å². The Balaban J connectivity index is 1.23. The summed E-state index contributed by atoms with van der Waals surface area (Å²) in [5.74, 6) is -0.661. The molecule has 0 aliphatic carbocycles. The number of hydrogen-bond acceptors (Lipinski definition) is 3. The summed E-state index contributed by atoms with van der Waals surface area (Å²) in [6.07, 6.45) is 4.02. The summed E-state index contributed by atoms with van der Waals surface area (Å²) < 4.78 is 19.7. The van der Waals surface area contributed by atoms with E-state index in [2.05, 4.69) is 22.3 Å². The summed E-state index contributed by atoms with van der Waals surface area (Å²) in [6, 6.07) is 13.8. The lowest BCUT2D eigenvalue weighted by atomic mass is 9.88. The highest BCUT2D eigenvalue weighted by Crippen LogP contribution is 2.39. The molecule has 154 valence electrons. The zero-order chi connectivity index (χ0) is 20.3. The summed E-state index contributed by atoms with van der Waals surface area (Å²) in [5.41, 5.74) is 1.55. The summed E-state index contributed by atoms with van der Waals surface area (Å²) in [7, 11) is 0. The molecular formula is C23H26ClFN2O2. The predicted octanol–water partition coefficient (Wildman–Crippen LogP) is 4.42. The molecule has 6 heteroatoms. The van der Waals surface area contributed by atoms with Crippen LogP contribution in [-0.2, 0) is 11.3 Å². The molecule has 4 rings (SSSR count). The van der Waals surface area contributed by atoms with E-state index in [1.54, 1.807) is 12.1 Å². The number of carbonyl (C=O) groups is 1. The average molecular weight is 417 g/mol. The molecular weight excluding hydrogens is 391 g/mol. The third kappa shape index (κ3) is 5.16. The van der Waals surface area contributed by atoms with Gasteiger partial charge in [-0.15, -0.1) is 0 Å². The first kappa shape index (κ1) is 20.3. The smallest absolute Gasteiger partial charge is 0.251 e. The number of ether oxygens (including phenoxy) is 1. The molecule has 1 N–H and O–H groups in total. The molecule has 1 amide bonds. The Labute approximate surface area is 176 Å². The number of benzene rings is 2. The van der Waals surface area contributed by atoms with Gasteiger partial charge in [0, 0.05) is 36.8 Å². The number of hydrogen-bond donors (Lipinski definition) is 1. The van der Waals surface area contributed by atoms with Crippen LogP contribution in [-0.4, -0.2) is 42.1 Å². The van der Waals surface area contributed by atoms with Crippen LogP contribution in [0.3, 0.4) is 0 Å². The number of rotatable bonds is 5. The van der Waals surface area contributed by atoms with Crippen LogP contribution >= 0.6 is 11.6 Å². The number of halogens is 2. The summed E-state index contributed by atoms with van der Waals surface area (Å²) in [5, 5.41) is 3.65. The molecule has 29 heavy (non-hydrogen) atoms. The molecule has 0 saturated carbocycles. The minimum atomic E-state index is -0.404. The van der Waals surface area contributed by atoms with E-state index >= 15 is 0 Å². The second-order valence-corrected chi connectivity index (χ2v) is 8.52. The fourth-order valence-electron chi connectivity index (χ4n) is 4.31. The first-order valence-electron chi connectivity index (χ1n) is 10.2. The van der Waals surface area contributed by atoms with Crippen LogP contribution in [0.25, 0.3) is 0 Å². The highest BCUT2D eigenvalue weighted by Gasteiger charge is 2.42. The molecule has 2 aromatic rings. The molecule has 2 aliphatic heterocycles. The molecule has 1 spiro atoms. The van der Waals surface area contributed by atoms with Crippen molar-refractivity contribution in [1.29, 1.82) is 0 Å². The predicted molar refractivity (Wildman–Crippen MR) is 112 cm³/mol. The third-order valence-corrected chi connectivity index (χ3v) is 6.25. The minimum absolute atomic E-state index is 0.0234. The van der Waals surface area contributed by atoms with E-state index in [-0.39, 0.29) is 17.6 Å². The first-order chi connectivity index (χ1) is 14.0. The zero-order valence-electron chi connectivity index (χ0n) is 16.4. The topological polar surface area (TPSA) is 41.6 Å². The fraction of sp³-hybridized carbons (Fsp3) is 0.435. The van der Waals surface area contributed by atoms with Gasteiger partial charge in [0.25, 0.3) is 5.91 Å². The van der Waals surface area contributed by atoms with E-state index in [0.29, 0.717) is 12.1 Å². The van der Waals surface area contributed by atoms with Gasteiger partial charge in [-0.25, -0.2) is 4.39 Å². The van der Waals surface area contributed by atoms with Gasteiger partial charge < -0.3 is 10.1 Å². The van der Waals surface area contributed by atoms with Gasteiger partial charge in [-0.2, -0.15) is 0 Å². The van der Waals surface area contributed by atoms with E-state index in [4.69, 9.17) is 16.3 Å². The lowest BCUT2D eigenvalue weighted by molar-refractivity contribution is -0.0764. The van der Waals surface area contributed by atoms with Crippen molar-refractivity contribution >= 4 is 17.5 Å². The lowest BCUT2D eigenvalue weighted by Gasteiger charge is -2.39. The molecule has 0 aromatic heterocycles. The van der Waals surface area contributed by atoms with Gasteiger partial charge in [0.1, 0.15) is 5.82 Å². The van der Waals surface area contributed by atoms with Crippen LogP contribution in [0, 0.1) is 5.82 Å². The maximum absolute atomic E-state index is 13.3. The average Bonchev–Trinajstić information content (AvgIpc) is 3.12. The number of likely N-dealkylation sites (tertiary alicyclic amines) is 1. The molecule has 1 atom stereocenters. The van der Waals surface area contributed by atoms with Crippen molar-refractivity contribution in [2.75, 3.05) is 19.6 Å². The minimum Gasteiger partial charge on any atom is -0.370 e. The van der Waals surface area contributed by atoms with Crippen molar-refractivity contribution in [2.45, 2.75) is 43.9 Å². The Morgan fingerprint density at radius 1 is 1.17 bits per heavy atom. The van der Waals surface area contributed by atoms with Crippen LogP contribution in [0.15, 0.2) is 48.5 Å². The maximum atomic E-state index is 13.3. The van der Waals surface area contributed by atoms with Crippen molar-refractivity contribution in [1.82, 2.24) is 10.2 Å². The van der Waals surface area contributed by atoms with Crippen LogP contribution < -0.4 is 5.32 Å². The van der Waals surface area contributed by atoms with Gasteiger partial charge >= 0.3 is 0 Å². The van der Waals surface area contributed by atoms with Gasteiger partial charge in [0.2, 0.25) is 0 Å². The second kappa shape index (κ2) is 8.82. The van der Waals surface area contributed by atoms with Gasteiger partial charge in [-0.3, -0.25) is 9.69 Å².